The van der Waals surface area contributed by atoms with E-state index in [2.05, 4.69) is 10.6 Å². The summed E-state index contributed by atoms with van der Waals surface area (Å²) in [6.45, 7) is 1.17. The molecule has 0 saturated heterocycles. The molecule has 0 fully saturated rings. The van der Waals surface area contributed by atoms with Gasteiger partial charge >= 0.3 is 0 Å². The minimum atomic E-state index is -0.372. The summed E-state index contributed by atoms with van der Waals surface area (Å²) in [7, 11) is 0. The molecule has 0 bridgehead atoms. The number of ether oxygens (including phenoxy) is 1. The van der Waals surface area contributed by atoms with Gasteiger partial charge in [-0.1, -0.05) is 18.2 Å². The molecular formula is C16H16N2O4. The lowest BCUT2D eigenvalue weighted by Crippen LogP contribution is -2.20. The number of amides is 2. The van der Waals surface area contributed by atoms with Gasteiger partial charge in [0.2, 0.25) is 5.91 Å². The maximum atomic E-state index is 11.8. The number of nitrogens with one attached hydrogen (secondary N) is 2. The van der Waals surface area contributed by atoms with Gasteiger partial charge < -0.3 is 20.5 Å². The van der Waals surface area contributed by atoms with Gasteiger partial charge in [0.1, 0.15) is 0 Å². The molecule has 2 amide bonds. The smallest absolute Gasteiger partial charge is 0.262 e. The molecule has 22 heavy (non-hydrogen) atoms. The molecule has 6 nitrogen and oxygen atoms in total. The lowest BCUT2D eigenvalue weighted by molar-refractivity contribution is -0.118. The van der Waals surface area contributed by atoms with Gasteiger partial charge in [-0.15, -0.1) is 0 Å². The summed E-state index contributed by atoms with van der Waals surface area (Å²) in [5.41, 5.74) is 1.13. The highest BCUT2D eigenvalue weighted by atomic mass is 16.5. The Labute approximate surface area is 127 Å². The second kappa shape index (κ2) is 7.12. The van der Waals surface area contributed by atoms with Crippen molar-refractivity contribution in [2.45, 2.75) is 6.92 Å². The Kier molecular flexibility index (Phi) is 4.98. The molecule has 0 aliphatic heterocycles. The standard InChI is InChI=1S/C16H16N2O4/c1-11(19)17-12-5-4-6-13(9-12)18-16(21)10-22-15-8-3-2-7-14(15)20/h2-9,20H,10H2,1H3,(H,17,19)(H,18,21). The first-order chi connectivity index (χ1) is 10.5. The number of hydrogen-bond donors (Lipinski definition) is 3. The van der Waals surface area contributed by atoms with E-state index < -0.39 is 0 Å². The van der Waals surface area contributed by atoms with Crippen molar-refractivity contribution in [2.24, 2.45) is 0 Å². The maximum Gasteiger partial charge on any atom is 0.262 e. The van der Waals surface area contributed by atoms with Crippen LogP contribution in [0.1, 0.15) is 6.92 Å². The van der Waals surface area contributed by atoms with E-state index in [9.17, 15) is 14.7 Å². The Bertz CT molecular complexity index is 685. The summed E-state index contributed by atoms with van der Waals surface area (Å²) in [5.74, 6) is -0.345. The van der Waals surface area contributed by atoms with Crippen molar-refractivity contribution >= 4 is 23.2 Å². The Morgan fingerprint density at radius 1 is 1.05 bits per heavy atom. The van der Waals surface area contributed by atoms with Gasteiger partial charge in [-0.3, -0.25) is 9.59 Å². The Morgan fingerprint density at radius 2 is 1.73 bits per heavy atom. The quantitative estimate of drug-likeness (QED) is 0.791. The molecule has 0 heterocycles. The Balaban J connectivity index is 1.92. The summed E-state index contributed by atoms with van der Waals surface area (Å²) in [4.78, 5) is 22.8. The molecule has 2 aromatic rings. The second-order valence-electron chi connectivity index (χ2n) is 4.57. The van der Waals surface area contributed by atoms with Crippen LogP contribution < -0.4 is 15.4 Å². The van der Waals surface area contributed by atoms with E-state index in [1.165, 1.54) is 13.0 Å². The predicted octanol–water partition coefficient (Wildman–Crippen LogP) is 2.37. The third-order valence-corrected chi connectivity index (χ3v) is 2.69. The van der Waals surface area contributed by atoms with Crippen molar-refractivity contribution < 1.29 is 19.4 Å². The van der Waals surface area contributed by atoms with E-state index in [0.717, 1.165) is 0 Å². The summed E-state index contributed by atoms with van der Waals surface area (Å²) in [6.07, 6.45) is 0. The molecule has 2 rings (SSSR count). The normalized spacial score (nSPS) is 9.86. The third-order valence-electron chi connectivity index (χ3n) is 2.69. The zero-order valence-electron chi connectivity index (χ0n) is 12.0. The van der Waals surface area contributed by atoms with Crippen molar-refractivity contribution in [3.8, 4) is 11.5 Å². The Morgan fingerprint density at radius 3 is 2.41 bits per heavy atom. The maximum absolute atomic E-state index is 11.8. The predicted molar refractivity (Wildman–Crippen MR) is 83.0 cm³/mol. The van der Waals surface area contributed by atoms with Crippen LogP contribution in [0.3, 0.4) is 0 Å². The first kappa shape index (κ1) is 15.4. The van der Waals surface area contributed by atoms with Crippen LogP contribution in [0.2, 0.25) is 0 Å². The van der Waals surface area contributed by atoms with Gasteiger partial charge in [0.15, 0.2) is 18.1 Å². The molecule has 2 aromatic carbocycles. The summed E-state index contributed by atoms with van der Waals surface area (Å²) in [6, 6.07) is 13.2. The highest BCUT2D eigenvalue weighted by molar-refractivity contribution is 5.94. The lowest BCUT2D eigenvalue weighted by atomic mass is 10.2. The van der Waals surface area contributed by atoms with Gasteiger partial charge in [0.05, 0.1) is 0 Å². The number of phenols is 1. The third kappa shape index (κ3) is 4.52. The molecule has 6 heteroatoms. The number of carbonyl (C=O) groups is 2. The fraction of sp³-hybridized carbons (Fsp3) is 0.125. The zero-order valence-corrected chi connectivity index (χ0v) is 12.0. The van der Waals surface area contributed by atoms with Crippen LogP contribution in [-0.2, 0) is 9.59 Å². The molecule has 0 aromatic heterocycles. The first-order valence-electron chi connectivity index (χ1n) is 6.63. The molecule has 0 atom stereocenters. The highest BCUT2D eigenvalue weighted by Gasteiger charge is 2.07. The molecule has 0 aliphatic rings. The van der Waals surface area contributed by atoms with Crippen molar-refractivity contribution in [2.75, 3.05) is 17.2 Å². The number of aromatic hydroxyl groups is 1. The highest BCUT2D eigenvalue weighted by Crippen LogP contribution is 2.24. The van der Waals surface area contributed by atoms with E-state index in [4.69, 9.17) is 4.74 Å². The van der Waals surface area contributed by atoms with Gasteiger partial charge in [-0.05, 0) is 30.3 Å². The van der Waals surface area contributed by atoms with E-state index in [0.29, 0.717) is 11.4 Å². The zero-order chi connectivity index (χ0) is 15.9. The van der Waals surface area contributed by atoms with Crippen LogP contribution in [0.4, 0.5) is 11.4 Å². The minimum absolute atomic E-state index is 0.0250. The van der Waals surface area contributed by atoms with Crippen LogP contribution in [-0.4, -0.2) is 23.5 Å². The average Bonchev–Trinajstić information content (AvgIpc) is 2.46. The molecule has 3 N–H and O–H groups in total. The number of para-hydroxylation sites is 2. The van der Waals surface area contributed by atoms with E-state index in [1.54, 1.807) is 42.5 Å². The minimum Gasteiger partial charge on any atom is -0.504 e. The SMILES string of the molecule is CC(=O)Nc1cccc(NC(=O)COc2ccccc2O)c1. The largest absolute Gasteiger partial charge is 0.504 e. The molecule has 0 radical (unpaired) electrons. The Hall–Kier alpha value is -3.02. The van der Waals surface area contributed by atoms with Gasteiger partial charge in [0.25, 0.3) is 5.91 Å². The number of carbonyl (C=O) groups excluding carboxylic acids is 2. The number of hydrogen-bond acceptors (Lipinski definition) is 4. The van der Waals surface area contributed by atoms with Crippen LogP contribution >= 0.6 is 0 Å². The van der Waals surface area contributed by atoms with Crippen molar-refractivity contribution in [3.63, 3.8) is 0 Å². The topological polar surface area (TPSA) is 87.7 Å². The number of rotatable bonds is 5. The van der Waals surface area contributed by atoms with Crippen molar-refractivity contribution in [3.05, 3.63) is 48.5 Å². The summed E-state index contributed by atoms with van der Waals surface area (Å²) >= 11 is 0. The van der Waals surface area contributed by atoms with Gasteiger partial charge in [0, 0.05) is 18.3 Å². The number of anilines is 2. The van der Waals surface area contributed by atoms with Crippen LogP contribution in [0.25, 0.3) is 0 Å². The first-order valence-corrected chi connectivity index (χ1v) is 6.63. The number of benzene rings is 2. The molecular weight excluding hydrogens is 284 g/mol. The molecule has 0 aliphatic carbocycles. The fourth-order valence-corrected chi connectivity index (χ4v) is 1.80. The van der Waals surface area contributed by atoms with Crippen LogP contribution in [0.5, 0.6) is 11.5 Å². The van der Waals surface area contributed by atoms with E-state index >= 15 is 0 Å². The van der Waals surface area contributed by atoms with Crippen LogP contribution in [0, 0.1) is 0 Å². The van der Waals surface area contributed by atoms with Crippen LogP contribution in [0.15, 0.2) is 48.5 Å². The molecule has 114 valence electrons. The average molecular weight is 300 g/mol. The van der Waals surface area contributed by atoms with E-state index in [-0.39, 0.29) is 29.9 Å². The van der Waals surface area contributed by atoms with Crippen molar-refractivity contribution in [1.29, 1.82) is 0 Å². The molecule has 0 spiro atoms. The summed E-state index contributed by atoms with van der Waals surface area (Å²) in [5, 5.41) is 14.8. The fourth-order valence-electron chi connectivity index (χ4n) is 1.80. The number of phenolic OH excluding ortho intramolecular Hbond substituents is 1. The van der Waals surface area contributed by atoms with Crippen molar-refractivity contribution in [1.82, 2.24) is 0 Å². The summed E-state index contributed by atoms with van der Waals surface area (Å²) < 4.78 is 5.23. The van der Waals surface area contributed by atoms with Gasteiger partial charge in [-0.2, -0.15) is 0 Å². The van der Waals surface area contributed by atoms with E-state index in [1.807, 2.05) is 0 Å². The van der Waals surface area contributed by atoms with Gasteiger partial charge in [-0.25, -0.2) is 0 Å². The second-order valence-corrected chi connectivity index (χ2v) is 4.57. The monoisotopic (exact) mass is 300 g/mol. The lowest BCUT2D eigenvalue weighted by Gasteiger charge is -2.09. The molecule has 0 unspecified atom stereocenters. The molecule has 0 saturated carbocycles.